The molecule has 1 aromatic heterocycles. The summed E-state index contributed by atoms with van der Waals surface area (Å²) in [6.07, 6.45) is 6.58. The lowest BCUT2D eigenvalue weighted by Gasteiger charge is -2.37. The van der Waals surface area contributed by atoms with E-state index in [1.807, 2.05) is 12.4 Å². The topological polar surface area (TPSA) is 44.3 Å². The minimum Gasteiger partial charge on any atom is -0.338 e. The van der Waals surface area contributed by atoms with Gasteiger partial charge in [0.15, 0.2) is 0 Å². The predicted molar refractivity (Wildman–Crippen MR) is 76.2 cm³/mol. The lowest BCUT2D eigenvalue weighted by molar-refractivity contribution is 0.229. The molecular weight excluding hydrogens is 238 g/mol. The van der Waals surface area contributed by atoms with Crippen molar-refractivity contribution in [3.05, 3.63) is 18.0 Å². The van der Waals surface area contributed by atoms with Gasteiger partial charge in [0.25, 0.3) is 0 Å². The quantitative estimate of drug-likeness (QED) is 0.871. The van der Waals surface area contributed by atoms with Crippen LogP contribution in [0.1, 0.15) is 25.3 Å². The van der Waals surface area contributed by atoms with Gasteiger partial charge in [-0.3, -0.25) is 4.90 Å². The van der Waals surface area contributed by atoms with Gasteiger partial charge in [0.2, 0.25) is 5.95 Å². The van der Waals surface area contributed by atoms with Crippen LogP contribution in [0.3, 0.4) is 0 Å². The summed E-state index contributed by atoms with van der Waals surface area (Å²) in [5.41, 5.74) is 1.16. The maximum Gasteiger partial charge on any atom is 0.225 e. The standard InChI is InChI=1S/C14H23N5/c1-2-15-8-12-9-16-14(17-10-12)19-7-6-18-5-3-4-13(18)11-19/h9-10,13,15H,2-8,11H2,1H3. The van der Waals surface area contributed by atoms with E-state index in [0.717, 1.165) is 50.3 Å². The van der Waals surface area contributed by atoms with Crippen LogP contribution in [0, 0.1) is 0 Å². The molecule has 1 N–H and O–H groups in total. The molecule has 3 rings (SSSR count). The van der Waals surface area contributed by atoms with Crippen molar-refractivity contribution < 1.29 is 0 Å². The van der Waals surface area contributed by atoms with Gasteiger partial charge in [-0.25, -0.2) is 9.97 Å². The maximum absolute atomic E-state index is 4.53. The van der Waals surface area contributed by atoms with Crippen LogP contribution in [0.25, 0.3) is 0 Å². The third-order valence-electron chi connectivity index (χ3n) is 4.14. The number of rotatable bonds is 4. The number of fused-ring (bicyclic) bond motifs is 1. The fourth-order valence-electron chi connectivity index (χ4n) is 3.04. The second-order valence-corrected chi connectivity index (χ2v) is 5.45. The van der Waals surface area contributed by atoms with Gasteiger partial charge in [-0.15, -0.1) is 0 Å². The summed E-state index contributed by atoms with van der Waals surface area (Å²) in [7, 11) is 0. The third kappa shape index (κ3) is 2.87. The van der Waals surface area contributed by atoms with E-state index in [4.69, 9.17) is 0 Å². The van der Waals surface area contributed by atoms with E-state index in [-0.39, 0.29) is 0 Å². The molecule has 0 radical (unpaired) electrons. The monoisotopic (exact) mass is 261 g/mol. The van der Waals surface area contributed by atoms with Gasteiger partial charge in [-0.1, -0.05) is 6.92 Å². The van der Waals surface area contributed by atoms with Gasteiger partial charge in [0.05, 0.1) is 0 Å². The van der Waals surface area contributed by atoms with E-state index >= 15 is 0 Å². The number of hydrogen-bond donors (Lipinski definition) is 1. The van der Waals surface area contributed by atoms with Crippen molar-refractivity contribution in [2.75, 3.05) is 37.6 Å². The molecule has 2 aliphatic rings. The van der Waals surface area contributed by atoms with Gasteiger partial charge in [0, 0.05) is 50.2 Å². The molecule has 1 unspecified atom stereocenters. The number of nitrogens with zero attached hydrogens (tertiary/aromatic N) is 4. The average molecular weight is 261 g/mol. The third-order valence-corrected chi connectivity index (χ3v) is 4.14. The highest BCUT2D eigenvalue weighted by Crippen LogP contribution is 2.23. The molecular formula is C14H23N5. The molecule has 0 spiro atoms. The fourth-order valence-corrected chi connectivity index (χ4v) is 3.04. The molecule has 19 heavy (non-hydrogen) atoms. The van der Waals surface area contributed by atoms with Crippen LogP contribution in [-0.2, 0) is 6.54 Å². The van der Waals surface area contributed by atoms with Crippen molar-refractivity contribution in [2.45, 2.75) is 32.4 Å². The fraction of sp³-hybridized carbons (Fsp3) is 0.714. The van der Waals surface area contributed by atoms with Crippen LogP contribution in [0.5, 0.6) is 0 Å². The summed E-state index contributed by atoms with van der Waals surface area (Å²) in [4.78, 5) is 14.0. The lowest BCUT2D eigenvalue weighted by Crippen LogP contribution is -2.50. The molecule has 2 aliphatic heterocycles. The Morgan fingerprint density at radius 1 is 1.26 bits per heavy atom. The molecule has 5 heteroatoms. The average Bonchev–Trinajstić information content (AvgIpc) is 2.93. The Kier molecular flexibility index (Phi) is 3.94. The van der Waals surface area contributed by atoms with Crippen LogP contribution in [0.2, 0.25) is 0 Å². The Balaban J connectivity index is 1.62. The van der Waals surface area contributed by atoms with E-state index < -0.39 is 0 Å². The van der Waals surface area contributed by atoms with Crippen molar-refractivity contribution in [3.8, 4) is 0 Å². The zero-order valence-corrected chi connectivity index (χ0v) is 11.7. The lowest BCUT2D eigenvalue weighted by atomic mass is 10.1. The highest BCUT2D eigenvalue weighted by atomic mass is 15.3. The van der Waals surface area contributed by atoms with Gasteiger partial charge in [-0.05, 0) is 25.9 Å². The highest BCUT2D eigenvalue weighted by molar-refractivity contribution is 5.31. The molecule has 0 bridgehead atoms. The molecule has 0 aliphatic carbocycles. The molecule has 0 aromatic carbocycles. The van der Waals surface area contributed by atoms with Gasteiger partial charge in [0.1, 0.15) is 0 Å². The van der Waals surface area contributed by atoms with E-state index in [0.29, 0.717) is 0 Å². The van der Waals surface area contributed by atoms with Crippen molar-refractivity contribution >= 4 is 5.95 Å². The SMILES string of the molecule is CCNCc1cnc(N2CCN3CCCC3C2)nc1. The van der Waals surface area contributed by atoms with Gasteiger partial charge in [-0.2, -0.15) is 0 Å². The Bertz CT molecular complexity index is 405. The summed E-state index contributed by atoms with van der Waals surface area (Å²) < 4.78 is 0. The summed E-state index contributed by atoms with van der Waals surface area (Å²) in [5.74, 6) is 0.895. The number of anilines is 1. The molecule has 0 saturated carbocycles. The first-order chi connectivity index (χ1) is 9.36. The number of hydrogen-bond acceptors (Lipinski definition) is 5. The van der Waals surface area contributed by atoms with Crippen molar-refractivity contribution in [3.63, 3.8) is 0 Å². The normalized spacial score (nSPS) is 23.6. The van der Waals surface area contributed by atoms with E-state index in [9.17, 15) is 0 Å². The minimum atomic E-state index is 0.721. The zero-order chi connectivity index (χ0) is 13.1. The molecule has 0 amide bonds. The minimum absolute atomic E-state index is 0.721. The Hall–Kier alpha value is -1.20. The molecule has 104 valence electrons. The predicted octanol–water partition coefficient (Wildman–Crippen LogP) is 0.870. The Morgan fingerprint density at radius 3 is 2.89 bits per heavy atom. The van der Waals surface area contributed by atoms with E-state index in [1.54, 1.807) is 0 Å². The number of aromatic nitrogens is 2. The van der Waals surface area contributed by atoms with E-state index in [1.165, 1.54) is 19.4 Å². The zero-order valence-electron chi connectivity index (χ0n) is 11.7. The Morgan fingerprint density at radius 2 is 2.11 bits per heavy atom. The van der Waals surface area contributed by atoms with Crippen LogP contribution in [0.4, 0.5) is 5.95 Å². The second-order valence-electron chi connectivity index (χ2n) is 5.45. The number of piperazine rings is 1. The molecule has 3 heterocycles. The summed E-state index contributed by atoms with van der Waals surface area (Å²) in [5, 5.41) is 3.29. The molecule has 1 aromatic rings. The first-order valence-electron chi connectivity index (χ1n) is 7.37. The smallest absolute Gasteiger partial charge is 0.225 e. The summed E-state index contributed by atoms with van der Waals surface area (Å²) in [6, 6.07) is 0.721. The second kappa shape index (κ2) is 5.84. The van der Waals surface area contributed by atoms with Crippen LogP contribution in [0.15, 0.2) is 12.4 Å². The van der Waals surface area contributed by atoms with Crippen molar-refractivity contribution in [2.24, 2.45) is 0 Å². The van der Waals surface area contributed by atoms with E-state index in [2.05, 4.69) is 32.0 Å². The van der Waals surface area contributed by atoms with Gasteiger partial charge >= 0.3 is 0 Å². The summed E-state index contributed by atoms with van der Waals surface area (Å²) in [6.45, 7) is 8.53. The van der Waals surface area contributed by atoms with Crippen molar-refractivity contribution in [1.29, 1.82) is 0 Å². The molecule has 5 nitrogen and oxygen atoms in total. The maximum atomic E-state index is 4.53. The highest BCUT2D eigenvalue weighted by Gasteiger charge is 2.31. The Labute approximate surface area is 115 Å². The van der Waals surface area contributed by atoms with Crippen LogP contribution < -0.4 is 10.2 Å². The molecule has 2 fully saturated rings. The molecule has 1 atom stereocenters. The number of nitrogens with one attached hydrogen (secondary N) is 1. The summed E-state index contributed by atoms with van der Waals surface area (Å²) >= 11 is 0. The first kappa shape index (κ1) is 12.8. The van der Waals surface area contributed by atoms with Crippen LogP contribution >= 0.6 is 0 Å². The first-order valence-corrected chi connectivity index (χ1v) is 7.37. The molecule has 2 saturated heterocycles. The largest absolute Gasteiger partial charge is 0.338 e. The van der Waals surface area contributed by atoms with Crippen molar-refractivity contribution in [1.82, 2.24) is 20.2 Å². The van der Waals surface area contributed by atoms with Crippen LogP contribution in [-0.4, -0.2) is 53.6 Å². The van der Waals surface area contributed by atoms with Gasteiger partial charge < -0.3 is 10.2 Å².